The van der Waals surface area contributed by atoms with Crippen molar-refractivity contribution in [1.82, 2.24) is 0 Å². The predicted molar refractivity (Wildman–Crippen MR) is 88.7 cm³/mol. The van der Waals surface area contributed by atoms with Crippen LogP contribution in [0.1, 0.15) is 29.3 Å². The van der Waals surface area contributed by atoms with Crippen LogP contribution in [-0.2, 0) is 15.2 Å². The van der Waals surface area contributed by atoms with Crippen LogP contribution in [0.4, 0.5) is 11.4 Å². The number of hydrogen-bond acceptors (Lipinski definition) is 4. The Morgan fingerprint density at radius 2 is 1.92 bits per heavy atom. The number of fused-ring (bicyclic) bond motifs is 1. The summed E-state index contributed by atoms with van der Waals surface area (Å²) in [4.78, 5) is 35.8. The number of ketones is 1. The molecule has 122 valence electrons. The SMILES string of the molecule is CC(=O)Nc1cccc(C(=O)C[C@@]2(O)C(=O)Nc3ccccc32)c1. The summed E-state index contributed by atoms with van der Waals surface area (Å²) in [5, 5.41) is 15.9. The molecule has 6 heteroatoms. The molecule has 0 aliphatic carbocycles. The fraction of sp³-hybridized carbons (Fsp3) is 0.167. The molecule has 0 saturated heterocycles. The number of nitrogens with one attached hydrogen (secondary N) is 2. The van der Waals surface area contributed by atoms with Gasteiger partial charge in [-0.1, -0.05) is 30.3 Å². The fourth-order valence-corrected chi connectivity index (χ4v) is 2.78. The van der Waals surface area contributed by atoms with Gasteiger partial charge in [0.2, 0.25) is 5.91 Å². The monoisotopic (exact) mass is 324 g/mol. The smallest absolute Gasteiger partial charge is 0.261 e. The minimum Gasteiger partial charge on any atom is -0.375 e. The van der Waals surface area contributed by atoms with Gasteiger partial charge >= 0.3 is 0 Å². The molecule has 1 atom stereocenters. The number of Topliss-reactive ketones (excluding diaryl/α,β-unsaturated/α-hetero) is 1. The lowest BCUT2D eigenvalue weighted by Crippen LogP contribution is -2.36. The molecule has 2 aromatic carbocycles. The largest absolute Gasteiger partial charge is 0.375 e. The van der Waals surface area contributed by atoms with E-state index in [1.165, 1.54) is 13.0 Å². The molecule has 0 spiro atoms. The van der Waals surface area contributed by atoms with Crippen molar-refractivity contribution >= 4 is 29.0 Å². The van der Waals surface area contributed by atoms with Gasteiger partial charge in [-0.15, -0.1) is 0 Å². The summed E-state index contributed by atoms with van der Waals surface area (Å²) in [5.41, 5.74) is -0.202. The summed E-state index contributed by atoms with van der Waals surface area (Å²) in [7, 11) is 0. The van der Waals surface area contributed by atoms with Crippen LogP contribution < -0.4 is 10.6 Å². The maximum absolute atomic E-state index is 12.5. The highest BCUT2D eigenvalue weighted by molar-refractivity contribution is 6.09. The molecule has 0 saturated carbocycles. The van der Waals surface area contributed by atoms with Gasteiger partial charge in [0, 0.05) is 29.4 Å². The van der Waals surface area contributed by atoms with Crippen molar-refractivity contribution in [3.05, 3.63) is 59.7 Å². The van der Waals surface area contributed by atoms with Gasteiger partial charge in [-0.25, -0.2) is 0 Å². The minimum atomic E-state index is -1.89. The Labute approximate surface area is 138 Å². The van der Waals surface area contributed by atoms with Crippen molar-refractivity contribution in [2.75, 3.05) is 10.6 Å². The van der Waals surface area contributed by atoms with E-state index in [1.807, 2.05) is 0 Å². The Morgan fingerprint density at radius 3 is 2.67 bits per heavy atom. The van der Waals surface area contributed by atoms with E-state index >= 15 is 0 Å². The van der Waals surface area contributed by atoms with Gasteiger partial charge in [0.1, 0.15) is 0 Å². The van der Waals surface area contributed by atoms with Gasteiger partial charge in [-0.2, -0.15) is 0 Å². The van der Waals surface area contributed by atoms with E-state index in [2.05, 4.69) is 10.6 Å². The minimum absolute atomic E-state index is 0.248. The molecule has 0 bridgehead atoms. The molecule has 2 aromatic rings. The highest BCUT2D eigenvalue weighted by atomic mass is 16.3. The van der Waals surface area contributed by atoms with Crippen molar-refractivity contribution in [3.8, 4) is 0 Å². The molecule has 0 aromatic heterocycles. The van der Waals surface area contributed by atoms with E-state index in [9.17, 15) is 19.5 Å². The van der Waals surface area contributed by atoms with Crippen molar-refractivity contribution in [2.24, 2.45) is 0 Å². The van der Waals surface area contributed by atoms with Crippen LogP contribution in [0.5, 0.6) is 0 Å². The van der Waals surface area contributed by atoms with E-state index in [0.717, 1.165) is 0 Å². The first-order valence-corrected chi connectivity index (χ1v) is 7.44. The van der Waals surface area contributed by atoms with E-state index in [4.69, 9.17) is 0 Å². The van der Waals surface area contributed by atoms with E-state index in [0.29, 0.717) is 22.5 Å². The summed E-state index contributed by atoms with van der Waals surface area (Å²) in [5.74, 6) is -1.26. The van der Waals surface area contributed by atoms with Gasteiger partial charge < -0.3 is 15.7 Å². The lowest BCUT2D eigenvalue weighted by atomic mass is 9.88. The number of carbonyl (C=O) groups is 3. The van der Waals surface area contributed by atoms with Crippen LogP contribution in [0, 0.1) is 0 Å². The standard InChI is InChI=1S/C18H16N2O4/c1-11(21)19-13-6-4-5-12(9-13)16(22)10-18(24)14-7-2-3-8-15(14)20-17(18)23/h2-9,24H,10H2,1H3,(H,19,21)(H,20,23)/t18-/m0/s1. The predicted octanol–water partition coefficient (Wildman–Crippen LogP) is 2.06. The summed E-state index contributed by atoms with van der Waals surface area (Å²) < 4.78 is 0. The maximum Gasteiger partial charge on any atom is 0.261 e. The normalized spacial score (nSPS) is 18.7. The second-order valence-corrected chi connectivity index (χ2v) is 5.72. The number of carbonyl (C=O) groups excluding carboxylic acids is 3. The van der Waals surface area contributed by atoms with Crippen LogP contribution in [0.3, 0.4) is 0 Å². The number of para-hydroxylation sites is 1. The first-order valence-electron chi connectivity index (χ1n) is 7.44. The maximum atomic E-state index is 12.5. The molecule has 0 radical (unpaired) electrons. The third kappa shape index (κ3) is 2.79. The van der Waals surface area contributed by atoms with Gasteiger partial charge in [0.15, 0.2) is 11.4 Å². The zero-order valence-electron chi connectivity index (χ0n) is 13.0. The highest BCUT2D eigenvalue weighted by Crippen LogP contribution is 2.38. The Kier molecular flexibility index (Phi) is 3.91. The van der Waals surface area contributed by atoms with Crippen molar-refractivity contribution in [2.45, 2.75) is 18.9 Å². The number of benzene rings is 2. The van der Waals surface area contributed by atoms with Crippen LogP contribution >= 0.6 is 0 Å². The first-order chi connectivity index (χ1) is 11.4. The number of hydrogen-bond donors (Lipinski definition) is 3. The quantitative estimate of drug-likeness (QED) is 0.750. The summed E-state index contributed by atoms with van der Waals surface area (Å²) >= 11 is 0. The molecule has 1 aliphatic heterocycles. The van der Waals surface area contributed by atoms with Crippen molar-refractivity contribution < 1.29 is 19.5 Å². The Bertz CT molecular complexity index is 846. The van der Waals surface area contributed by atoms with Gasteiger partial charge in [0.25, 0.3) is 5.91 Å². The third-order valence-electron chi connectivity index (χ3n) is 3.92. The molecule has 0 fully saturated rings. The second kappa shape index (κ2) is 5.90. The number of anilines is 2. The second-order valence-electron chi connectivity index (χ2n) is 5.72. The topological polar surface area (TPSA) is 95.5 Å². The number of aliphatic hydroxyl groups is 1. The average Bonchev–Trinajstić information content (AvgIpc) is 2.78. The Hall–Kier alpha value is -2.99. The van der Waals surface area contributed by atoms with E-state index in [-0.39, 0.29) is 12.3 Å². The zero-order chi connectivity index (χ0) is 17.3. The molecule has 2 amide bonds. The molecule has 3 rings (SSSR count). The fourth-order valence-electron chi connectivity index (χ4n) is 2.78. The van der Waals surface area contributed by atoms with Crippen LogP contribution in [0.2, 0.25) is 0 Å². The van der Waals surface area contributed by atoms with Crippen LogP contribution in [0.15, 0.2) is 48.5 Å². The molecule has 3 N–H and O–H groups in total. The van der Waals surface area contributed by atoms with Crippen LogP contribution in [-0.4, -0.2) is 22.7 Å². The molecular formula is C18H16N2O4. The summed E-state index contributed by atoms with van der Waals surface area (Å²) in [6.45, 7) is 1.37. The first kappa shape index (κ1) is 15.9. The molecular weight excluding hydrogens is 308 g/mol. The average molecular weight is 324 g/mol. The van der Waals surface area contributed by atoms with E-state index in [1.54, 1.807) is 42.5 Å². The summed E-state index contributed by atoms with van der Waals surface area (Å²) in [6.07, 6.45) is -0.376. The Balaban J connectivity index is 1.87. The van der Waals surface area contributed by atoms with Crippen molar-refractivity contribution in [3.63, 3.8) is 0 Å². The van der Waals surface area contributed by atoms with Gasteiger partial charge in [-0.05, 0) is 18.2 Å². The van der Waals surface area contributed by atoms with Crippen LogP contribution in [0.25, 0.3) is 0 Å². The number of rotatable bonds is 4. The third-order valence-corrected chi connectivity index (χ3v) is 3.92. The van der Waals surface area contributed by atoms with Gasteiger partial charge in [-0.3, -0.25) is 14.4 Å². The lowest BCUT2D eigenvalue weighted by Gasteiger charge is -2.20. The lowest BCUT2D eigenvalue weighted by molar-refractivity contribution is -0.133. The number of amides is 2. The molecule has 0 unspecified atom stereocenters. The Morgan fingerprint density at radius 1 is 1.17 bits per heavy atom. The summed E-state index contributed by atoms with van der Waals surface area (Å²) in [6, 6.07) is 13.1. The van der Waals surface area contributed by atoms with Crippen molar-refractivity contribution in [1.29, 1.82) is 0 Å². The molecule has 1 heterocycles. The molecule has 1 aliphatic rings. The molecule has 6 nitrogen and oxygen atoms in total. The van der Waals surface area contributed by atoms with E-state index < -0.39 is 17.3 Å². The van der Waals surface area contributed by atoms with Gasteiger partial charge in [0.05, 0.1) is 6.42 Å². The molecule has 24 heavy (non-hydrogen) atoms. The zero-order valence-corrected chi connectivity index (χ0v) is 13.0. The highest BCUT2D eigenvalue weighted by Gasteiger charge is 2.46.